The van der Waals surface area contributed by atoms with Crippen molar-refractivity contribution in [1.29, 1.82) is 0 Å². The van der Waals surface area contributed by atoms with E-state index in [4.69, 9.17) is 4.74 Å². The SMILES string of the molecule is CSc1ccc(C(=O)CCC(=O)NCCOc2ccccc2)cc1. The Bertz CT molecular complexity index is 656. The van der Waals surface area contributed by atoms with Gasteiger partial charge in [-0.15, -0.1) is 11.8 Å². The van der Waals surface area contributed by atoms with Crippen molar-refractivity contribution in [2.45, 2.75) is 17.7 Å². The zero-order valence-electron chi connectivity index (χ0n) is 13.7. The third kappa shape index (κ3) is 6.08. The fraction of sp³-hybridized carbons (Fsp3) is 0.263. The Balaban J connectivity index is 1.64. The maximum Gasteiger partial charge on any atom is 0.220 e. The van der Waals surface area contributed by atoms with E-state index in [1.54, 1.807) is 23.9 Å². The fourth-order valence-electron chi connectivity index (χ4n) is 2.11. The van der Waals surface area contributed by atoms with Crippen LogP contribution in [0.3, 0.4) is 0 Å². The molecule has 4 nitrogen and oxygen atoms in total. The summed E-state index contributed by atoms with van der Waals surface area (Å²) in [6, 6.07) is 16.9. The Labute approximate surface area is 146 Å². The molecular weight excluding hydrogens is 322 g/mol. The van der Waals surface area contributed by atoms with E-state index in [0.717, 1.165) is 10.6 Å². The van der Waals surface area contributed by atoms with Gasteiger partial charge in [-0.1, -0.05) is 30.3 Å². The van der Waals surface area contributed by atoms with E-state index >= 15 is 0 Å². The molecule has 0 bridgehead atoms. The number of thioether (sulfide) groups is 1. The first-order valence-electron chi connectivity index (χ1n) is 7.81. The van der Waals surface area contributed by atoms with E-state index in [9.17, 15) is 9.59 Å². The molecule has 1 N–H and O–H groups in total. The zero-order chi connectivity index (χ0) is 17.2. The van der Waals surface area contributed by atoms with Gasteiger partial charge < -0.3 is 10.1 Å². The van der Waals surface area contributed by atoms with E-state index < -0.39 is 0 Å². The van der Waals surface area contributed by atoms with Crippen molar-refractivity contribution in [2.75, 3.05) is 19.4 Å². The summed E-state index contributed by atoms with van der Waals surface area (Å²) in [4.78, 5) is 24.9. The standard InChI is InChI=1S/C19H21NO3S/c1-24-17-9-7-15(8-10-17)18(21)11-12-19(22)20-13-14-23-16-5-3-2-4-6-16/h2-10H,11-14H2,1H3,(H,20,22). The minimum absolute atomic E-state index is 0.0154. The van der Waals surface area contributed by atoms with E-state index in [-0.39, 0.29) is 24.5 Å². The fourth-order valence-corrected chi connectivity index (χ4v) is 2.52. The number of hydrogen-bond acceptors (Lipinski definition) is 4. The van der Waals surface area contributed by atoms with Gasteiger partial charge in [0.25, 0.3) is 0 Å². The van der Waals surface area contributed by atoms with Crippen LogP contribution >= 0.6 is 11.8 Å². The zero-order valence-corrected chi connectivity index (χ0v) is 14.5. The molecular formula is C19H21NO3S. The van der Waals surface area contributed by atoms with Gasteiger partial charge in [0, 0.05) is 23.3 Å². The van der Waals surface area contributed by atoms with Crippen molar-refractivity contribution < 1.29 is 14.3 Å². The molecule has 0 aliphatic heterocycles. The highest BCUT2D eigenvalue weighted by Gasteiger charge is 2.09. The van der Waals surface area contributed by atoms with Gasteiger partial charge in [0.05, 0.1) is 6.54 Å². The van der Waals surface area contributed by atoms with E-state index in [0.29, 0.717) is 18.7 Å². The van der Waals surface area contributed by atoms with E-state index in [2.05, 4.69) is 5.32 Å². The van der Waals surface area contributed by atoms with Crippen molar-refractivity contribution in [3.8, 4) is 5.75 Å². The maximum atomic E-state index is 12.1. The molecule has 126 valence electrons. The second-order valence-corrected chi connectivity index (χ2v) is 6.04. The average Bonchev–Trinajstić information content (AvgIpc) is 2.64. The highest BCUT2D eigenvalue weighted by Crippen LogP contribution is 2.16. The minimum atomic E-state index is -0.138. The smallest absolute Gasteiger partial charge is 0.220 e. The van der Waals surface area contributed by atoms with Gasteiger partial charge >= 0.3 is 0 Å². The monoisotopic (exact) mass is 343 g/mol. The number of ether oxygens (including phenoxy) is 1. The summed E-state index contributed by atoms with van der Waals surface area (Å²) in [5.41, 5.74) is 0.646. The molecule has 0 fully saturated rings. The lowest BCUT2D eigenvalue weighted by molar-refractivity contribution is -0.121. The average molecular weight is 343 g/mol. The second kappa shape index (κ2) is 9.78. The number of carbonyl (C=O) groups excluding carboxylic acids is 2. The second-order valence-electron chi connectivity index (χ2n) is 5.16. The van der Waals surface area contributed by atoms with Crippen molar-refractivity contribution in [2.24, 2.45) is 0 Å². The lowest BCUT2D eigenvalue weighted by atomic mass is 10.1. The van der Waals surface area contributed by atoms with Crippen molar-refractivity contribution >= 4 is 23.5 Å². The summed E-state index contributed by atoms with van der Waals surface area (Å²) >= 11 is 1.63. The molecule has 0 aliphatic rings. The summed E-state index contributed by atoms with van der Waals surface area (Å²) in [7, 11) is 0. The first-order valence-corrected chi connectivity index (χ1v) is 9.03. The number of nitrogens with one attached hydrogen (secondary N) is 1. The molecule has 2 aromatic carbocycles. The maximum absolute atomic E-state index is 12.1. The number of rotatable bonds is 9. The summed E-state index contributed by atoms with van der Waals surface area (Å²) in [5, 5.41) is 2.76. The van der Waals surface area contributed by atoms with Crippen LogP contribution in [0, 0.1) is 0 Å². The van der Waals surface area contributed by atoms with Crippen LogP contribution < -0.4 is 10.1 Å². The van der Waals surface area contributed by atoms with Crippen molar-refractivity contribution in [1.82, 2.24) is 5.32 Å². The molecule has 0 saturated heterocycles. The third-order valence-electron chi connectivity index (χ3n) is 3.43. The van der Waals surface area contributed by atoms with Gasteiger partial charge in [-0.05, 0) is 30.5 Å². The molecule has 0 atom stereocenters. The van der Waals surface area contributed by atoms with Crippen LogP contribution in [0.25, 0.3) is 0 Å². The summed E-state index contributed by atoms with van der Waals surface area (Å²) in [6.07, 6.45) is 2.39. The molecule has 2 rings (SSSR count). The Kier molecular flexibility index (Phi) is 7.36. The molecule has 5 heteroatoms. The number of amides is 1. The van der Waals surface area contributed by atoms with Gasteiger partial charge in [-0.3, -0.25) is 9.59 Å². The van der Waals surface area contributed by atoms with Gasteiger partial charge in [0.15, 0.2) is 5.78 Å². The lowest BCUT2D eigenvalue weighted by Gasteiger charge is -2.07. The number of carbonyl (C=O) groups is 2. The molecule has 2 aromatic rings. The topological polar surface area (TPSA) is 55.4 Å². The largest absolute Gasteiger partial charge is 0.492 e. The molecule has 0 unspecified atom stereocenters. The lowest BCUT2D eigenvalue weighted by Crippen LogP contribution is -2.28. The molecule has 0 radical (unpaired) electrons. The Morgan fingerprint density at radius 3 is 2.38 bits per heavy atom. The predicted molar refractivity (Wildman–Crippen MR) is 96.7 cm³/mol. The van der Waals surface area contributed by atoms with Gasteiger partial charge in [0.1, 0.15) is 12.4 Å². The van der Waals surface area contributed by atoms with Crippen LogP contribution in [0.5, 0.6) is 5.75 Å². The molecule has 1 amide bonds. The Morgan fingerprint density at radius 2 is 1.71 bits per heavy atom. The van der Waals surface area contributed by atoms with Crippen LogP contribution in [-0.4, -0.2) is 31.1 Å². The number of benzene rings is 2. The van der Waals surface area contributed by atoms with Gasteiger partial charge in [-0.25, -0.2) is 0 Å². The van der Waals surface area contributed by atoms with E-state index in [1.807, 2.05) is 48.7 Å². The van der Waals surface area contributed by atoms with Crippen LogP contribution in [0.2, 0.25) is 0 Å². The summed E-state index contributed by atoms with van der Waals surface area (Å²) in [5.74, 6) is 0.620. The molecule has 24 heavy (non-hydrogen) atoms. The molecule has 0 aliphatic carbocycles. The van der Waals surface area contributed by atoms with Crippen LogP contribution in [0.1, 0.15) is 23.2 Å². The van der Waals surface area contributed by atoms with Crippen LogP contribution in [0.4, 0.5) is 0 Å². The molecule has 0 saturated carbocycles. The summed E-state index contributed by atoms with van der Waals surface area (Å²) < 4.78 is 5.49. The van der Waals surface area contributed by atoms with Crippen LogP contribution in [0.15, 0.2) is 59.5 Å². The number of ketones is 1. The number of para-hydroxylation sites is 1. The van der Waals surface area contributed by atoms with E-state index in [1.165, 1.54) is 0 Å². The quantitative estimate of drug-likeness (QED) is 0.430. The first kappa shape index (κ1) is 18.1. The molecule has 0 aromatic heterocycles. The third-order valence-corrected chi connectivity index (χ3v) is 4.17. The minimum Gasteiger partial charge on any atom is -0.492 e. The highest BCUT2D eigenvalue weighted by atomic mass is 32.2. The predicted octanol–water partition coefficient (Wildman–Crippen LogP) is 3.57. The summed E-state index contributed by atoms with van der Waals surface area (Å²) in [6.45, 7) is 0.824. The Hall–Kier alpha value is -2.27. The Morgan fingerprint density at radius 1 is 1.00 bits per heavy atom. The normalized spacial score (nSPS) is 10.2. The number of Topliss-reactive ketones (excluding diaryl/α,β-unsaturated/α-hetero) is 1. The van der Waals surface area contributed by atoms with Gasteiger partial charge in [-0.2, -0.15) is 0 Å². The van der Waals surface area contributed by atoms with Crippen molar-refractivity contribution in [3.05, 3.63) is 60.2 Å². The number of hydrogen-bond donors (Lipinski definition) is 1. The highest BCUT2D eigenvalue weighted by molar-refractivity contribution is 7.98. The molecule has 0 heterocycles. The first-order chi connectivity index (χ1) is 11.7. The van der Waals surface area contributed by atoms with Crippen molar-refractivity contribution in [3.63, 3.8) is 0 Å². The molecule has 0 spiro atoms. The van der Waals surface area contributed by atoms with Gasteiger partial charge in [0.2, 0.25) is 5.91 Å². The van der Waals surface area contributed by atoms with Crippen LogP contribution in [-0.2, 0) is 4.79 Å².